The highest BCUT2D eigenvalue weighted by molar-refractivity contribution is 7.89. The monoisotopic (exact) mass is 440 g/mol. The molecule has 0 saturated carbocycles. The standard InChI is InChI=1S/C24H25FN2O3S/c1-26(16-18-8-9-19-5-2-3-6-20(19)15-18)24(28)21-7-4-14-27(17-21)31(29,30)23-12-10-22(25)11-13-23/h2-3,5-6,8-13,15,21H,4,7,14,16-17H2,1H3/t21-/m0/s1. The van der Waals surface area contributed by atoms with Gasteiger partial charge in [0.05, 0.1) is 10.8 Å². The number of carbonyl (C=O) groups excluding carboxylic acids is 1. The number of benzene rings is 3. The van der Waals surface area contributed by atoms with Gasteiger partial charge in [0.25, 0.3) is 0 Å². The minimum Gasteiger partial charge on any atom is -0.341 e. The van der Waals surface area contributed by atoms with Crippen LogP contribution in [0.1, 0.15) is 18.4 Å². The van der Waals surface area contributed by atoms with Crippen molar-refractivity contribution < 1.29 is 17.6 Å². The van der Waals surface area contributed by atoms with E-state index in [1.165, 1.54) is 16.4 Å². The zero-order valence-electron chi connectivity index (χ0n) is 17.4. The first-order valence-corrected chi connectivity index (χ1v) is 11.8. The van der Waals surface area contributed by atoms with Crippen LogP contribution in [0.5, 0.6) is 0 Å². The van der Waals surface area contributed by atoms with Gasteiger partial charge in [0, 0.05) is 26.7 Å². The average Bonchev–Trinajstić information content (AvgIpc) is 2.79. The van der Waals surface area contributed by atoms with E-state index in [4.69, 9.17) is 0 Å². The maximum atomic E-state index is 13.2. The third-order valence-electron chi connectivity index (χ3n) is 5.79. The van der Waals surface area contributed by atoms with E-state index in [1.54, 1.807) is 11.9 Å². The molecule has 5 nitrogen and oxygen atoms in total. The molecule has 3 aromatic rings. The normalized spacial score (nSPS) is 17.5. The molecule has 1 saturated heterocycles. The molecule has 0 spiro atoms. The maximum Gasteiger partial charge on any atom is 0.243 e. The van der Waals surface area contributed by atoms with Crippen LogP contribution >= 0.6 is 0 Å². The van der Waals surface area contributed by atoms with Crippen LogP contribution in [0.15, 0.2) is 71.6 Å². The summed E-state index contributed by atoms with van der Waals surface area (Å²) < 4.78 is 40.4. The fourth-order valence-corrected chi connectivity index (χ4v) is 5.64. The number of fused-ring (bicyclic) bond motifs is 1. The molecule has 0 N–H and O–H groups in total. The molecule has 162 valence electrons. The lowest BCUT2D eigenvalue weighted by Gasteiger charge is -2.33. The van der Waals surface area contributed by atoms with Gasteiger partial charge < -0.3 is 4.90 Å². The lowest BCUT2D eigenvalue weighted by molar-refractivity contribution is -0.135. The molecule has 31 heavy (non-hydrogen) atoms. The molecule has 1 heterocycles. The maximum absolute atomic E-state index is 13.2. The Kier molecular flexibility index (Phi) is 6.07. The van der Waals surface area contributed by atoms with Gasteiger partial charge in [-0.2, -0.15) is 4.31 Å². The molecule has 0 radical (unpaired) electrons. The van der Waals surface area contributed by atoms with Crippen LogP contribution < -0.4 is 0 Å². The van der Waals surface area contributed by atoms with Gasteiger partial charge >= 0.3 is 0 Å². The molecule has 1 amide bonds. The topological polar surface area (TPSA) is 57.7 Å². The molecule has 1 atom stereocenters. The Morgan fingerprint density at radius 1 is 1.06 bits per heavy atom. The largest absolute Gasteiger partial charge is 0.341 e. The van der Waals surface area contributed by atoms with Crippen molar-refractivity contribution in [1.29, 1.82) is 0 Å². The van der Waals surface area contributed by atoms with Crippen molar-refractivity contribution in [2.45, 2.75) is 24.3 Å². The lowest BCUT2D eigenvalue weighted by Crippen LogP contribution is -2.45. The van der Waals surface area contributed by atoms with E-state index in [2.05, 4.69) is 6.07 Å². The van der Waals surface area contributed by atoms with E-state index in [0.29, 0.717) is 25.9 Å². The van der Waals surface area contributed by atoms with Gasteiger partial charge in [-0.1, -0.05) is 36.4 Å². The van der Waals surface area contributed by atoms with Gasteiger partial charge in [-0.3, -0.25) is 4.79 Å². The van der Waals surface area contributed by atoms with E-state index in [9.17, 15) is 17.6 Å². The molecular weight excluding hydrogens is 415 g/mol. The first-order chi connectivity index (χ1) is 14.8. The number of hydrogen-bond donors (Lipinski definition) is 0. The molecule has 0 aromatic heterocycles. The highest BCUT2D eigenvalue weighted by atomic mass is 32.2. The Morgan fingerprint density at radius 2 is 1.77 bits per heavy atom. The second kappa shape index (κ2) is 8.77. The summed E-state index contributed by atoms with van der Waals surface area (Å²) in [6, 6.07) is 19.0. The van der Waals surface area contributed by atoms with E-state index < -0.39 is 21.8 Å². The van der Waals surface area contributed by atoms with Crippen molar-refractivity contribution in [3.8, 4) is 0 Å². The van der Waals surface area contributed by atoms with Crippen LogP contribution in [0.3, 0.4) is 0 Å². The summed E-state index contributed by atoms with van der Waals surface area (Å²) in [4.78, 5) is 14.8. The Balaban J connectivity index is 1.45. The van der Waals surface area contributed by atoms with Crippen LogP contribution in [0.25, 0.3) is 10.8 Å². The van der Waals surface area contributed by atoms with Gasteiger partial charge in [-0.05, 0) is 59.5 Å². The summed E-state index contributed by atoms with van der Waals surface area (Å²) >= 11 is 0. The summed E-state index contributed by atoms with van der Waals surface area (Å²) in [5.74, 6) is -0.942. The van der Waals surface area contributed by atoms with Gasteiger partial charge in [-0.15, -0.1) is 0 Å². The summed E-state index contributed by atoms with van der Waals surface area (Å²) in [5.41, 5.74) is 1.03. The summed E-state index contributed by atoms with van der Waals surface area (Å²) in [6.45, 7) is 0.962. The second-order valence-corrected chi connectivity index (χ2v) is 9.97. The van der Waals surface area contributed by atoms with Crippen LogP contribution in [0, 0.1) is 11.7 Å². The molecule has 7 heteroatoms. The fraction of sp³-hybridized carbons (Fsp3) is 0.292. The minimum atomic E-state index is -3.76. The number of hydrogen-bond acceptors (Lipinski definition) is 3. The van der Waals surface area contributed by atoms with Gasteiger partial charge in [0.15, 0.2) is 0 Å². The van der Waals surface area contributed by atoms with Crippen molar-refractivity contribution in [2.24, 2.45) is 5.92 Å². The van der Waals surface area contributed by atoms with Crippen LogP contribution in [0.2, 0.25) is 0 Å². The number of amides is 1. The first kappa shape index (κ1) is 21.5. The smallest absolute Gasteiger partial charge is 0.243 e. The third-order valence-corrected chi connectivity index (χ3v) is 7.67. The van der Waals surface area contributed by atoms with Gasteiger partial charge in [-0.25, -0.2) is 12.8 Å². The van der Waals surface area contributed by atoms with Crippen molar-refractivity contribution in [1.82, 2.24) is 9.21 Å². The van der Waals surface area contributed by atoms with E-state index in [0.717, 1.165) is 28.5 Å². The highest BCUT2D eigenvalue weighted by Crippen LogP contribution is 2.26. The van der Waals surface area contributed by atoms with Gasteiger partial charge in [0.1, 0.15) is 5.82 Å². The number of rotatable bonds is 5. The van der Waals surface area contributed by atoms with Crippen molar-refractivity contribution in [3.63, 3.8) is 0 Å². The third kappa shape index (κ3) is 4.62. The number of piperidine rings is 1. The van der Waals surface area contributed by atoms with Gasteiger partial charge in [0.2, 0.25) is 15.9 Å². The van der Waals surface area contributed by atoms with E-state index in [1.807, 2.05) is 36.4 Å². The molecule has 0 unspecified atom stereocenters. The molecule has 0 aliphatic carbocycles. The molecule has 1 aliphatic heterocycles. The number of sulfonamides is 1. The lowest BCUT2D eigenvalue weighted by atomic mass is 9.98. The quantitative estimate of drug-likeness (QED) is 0.602. The molecule has 0 bridgehead atoms. The van der Waals surface area contributed by atoms with Crippen molar-refractivity contribution >= 4 is 26.7 Å². The highest BCUT2D eigenvalue weighted by Gasteiger charge is 2.34. The molecule has 1 aliphatic rings. The number of nitrogens with zero attached hydrogens (tertiary/aromatic N) is 2. The summed E-state index contributed by atoms with van der Waals surface area (Å²) in [7, 11) is -2.00. The predicted octanol–water partition coefficient (Wildman–Crippen LogP) is 4.04. The SMILES string of the molecule is CN(Cc1ccc2ccccc2c1)C(=O)[C@H]1CCCN(S(=O)(=O)c2ccc(F)cc2)C1. The first-order valence-electron chi connectivity index (χ1n) is 10.3. The molecule has 1 fully saturated rings. The second-order valence-electron chi connectivity index (χ2n) is 8.03. The number of halogens is 1. The van der Waals surface area contributed by atoms with Crippen molar-refractivity contribution in [2.75, 3.05) is 20.1 Å². The predicted molar refractivity (Wildman–Crippen MR) is 118 cm³/mol. The Hall–Kier alpha value is -2.77. The zero-order chi connectivity index (χ0) is 22.0. The van der Waals surface area contributed by atoms with E-state index in [-0.39, 0.29) is 17.3 Å². The van der Waals surface area contributed by atoms with E-state index >= 15 is 0 Å². The molecular formula is C24H25FN2O3S. The Bertz CT molecular complexity index is 1190. The number of carbonyl (C=O) groups is 1. The minimum absolute atomic E-state index is 0.0477. The van der Waals surface area contributed by atoms with Crippen molar-refractivity contribution in [3.05, 3.63) is 78.1 Å². The molecule has 4 rings (SSSR count). The van der Waals surface area contributed by atoms with Crippen LogP contribution in [0.4, 0.5) is 4.39 Å². The zero-order valence-corrected chi connectivity index (χ0v) is 18.2. The summed E-state index contributed by atoms with van der Waals surface area (Å²) in [5, 5.41) is 2.27. The van der Waals surface area contributed by atoms with Crippen LogP contribution in [-0.4, -0.2) is 43.7 Å². The Morgan fingerprint density at radius 3 is 2.52 bits per heavy atom. The molecule has 3 aromatic carbocycles. The fourth-order valence-electron chi connectivity index (χ4n) is 4.12. The Labute approximate surface area is 182 Å². The van der Waals surface area contributed by atoms with Crippen LogP contribution in [-0.2, 0) is 21.4 Å². The summed E-state index contributed by atoms with van der Waals surface area (Å²) in [6.07, 6.45) is 1.26. The average molecular weight is 441 g/mol.